The first-order valence-corrected chi connectivity index (χ1v) is 5.37. The summed E-state index contributed by atoms with van der Waals surface area (Å²) >= 11 is 0. The summed E-state index contributed by atoms with van der Waals surface area (Å²) in [6.45, 7) is 6.63. The van der Waals surface area contributed by atoms with Gasteiger partial charge in [-0.15, -0.1) is 0 Å². The lowest BCUT2D eigenvalue weighted by Gasteiger charge is -2.08. The molecule has 0 radical (unpaired) electrons. The van der Waals surface area contributed by atoms with Crippen molar-refractivity contribution in [3.05, 3.63) is 0 Å². The zero-order valence-corrected chi connectivity index (χ0v) is 9.62. The van der Waals surface area contributed by atoms with Crippen LogP contribution >= 0.6 is 0 Å². The Morgan fingerprint density at radius 2 is 1.87 bits per heavy atom. The molecule has 1 unspecified atom stereocenters. The van der Waals surface area contributed by atoms with Crippen molar-refractivity contribution in [1.29, 1.82) is 0 Å². The SMILES string of the molecule is CCCOCCOCCNC(=O)C(C)N. The second kappa shape index (κ2) is 9.89. The molecule has 90 valence electrons. The third-order valence-electron chi connectivity index (χ3n) is 1.68. The Morgan fingerprint density at radius 1 is 1.27 bits per heavy atom. The maximum Gasteiger partial charge on any atom is 0.236 e. The molecule has 0 aliphatic heterocycles. The van der Waals surface area contributed by atoms with Crippen LogP contribution in [0.1, 0.15) is 20.3 Å². The fraction of sp³-hybridized carbons (Fsp3) is 0.900. The van der Waals surface area contributed by atoms with E-state index in [1.165, 1.54) is 0 Å². The van der Waals surface area contributed by atoms with Gasteiger partial charge in [-0.05, 0) is 13.3 Å². The van der Waals surface area contributed by atoms with Crippen LogP contribution in [0, 0.1) is 0 Å². The number of hydrogen-bond donors (Lipinski definition) is 2. The minimum Gasteiger partial charge on any atom is -0.379 e. The maximum absolute atomic E-state index is 11.0. The number of nitrogens with one attached hydrogen (secondary N) is 1. The molecule has 0 aromatic carbocycles. The standard InChI is InChI=1S/C10H22N2O3/c1-3-5-14-7-8-15-6-4-12-10(13)9(2)11/h9H,3-8,11H2,1-2H3,(H,12,13). The zero-order chi connectivity index (χ0) is 11.5. The van der Waals surface area contributed by atoms with E-state index in [2.05, 4.69) is 12.2 Å². The van der Waals surface area contributed by atoms with Gasteiger partial charge in [0.05, 0.1) is 25.9 Å². The highest BCUT2D eigenvalue weighted by Gasteiger charge is 2.04. The average molecular weight is 218 g/mol. The fourth-order valence-electron chi connectivity index (χ4n) is 0.874. The van der Waals surface area contributed by atoms with E-state index in [0.29, 0.717) is 26.4 Å². The molecule has 0 aromatic heterocycles. The number of ether oxygens (including phenoxy) is 2. The van der Waals surface area contributed by atoms with Crippen LogP contribution in [0.2, 0.25) is 0 Å². The minimum absolute atomic E-state index is 0.152. The minimum atomic E-state index is -0.460. The Balaban J connectivity index is 3.08. The molecule has 0 aliphatic carbocycles. The summed E-state index contributed by atoms with van der Waals surface area (Å²) in [6, 6.07) is -0.460. The van der Waals surface area contributed by atoms with Gasteiger partial charge in [-0.25, -0.2) is 0 Å². The predicted molar refractivity (Wildman–Crippen MR) is 58.6 cm³/mol. The maximum atomic E-state index is 11.0. The molecule has 0 rings (SSSR count). The van der Waals surface area contributed by atoms with Crippen LogP contribution in [-0.2, 0) is 14.3 Å². The van der Waals surface area contributed by atoms with Gasteiger partial charge in [0.2, 0.25) is 5.91 Å². The van der Waals surface area contributed by atoms with Crippen molar-refractivity contribution in [2.24, 2.45) is 5.73 Å². The van der Waals surface area contributed by atoms with E-state index in [0.717, 1.165) is 13.0 Å². The first-order chi connectivity index (χ1) is 7.18. The molecule has 0 aromatic rings. The van der Waals surface area contributed by atoms with E-state index in [1.54, 1.807) is 6.92 Å². The van der Waals surface area contributed by atoms with E-state index >= 15 is 0 Å². The van der Waals surface area contributed by atoms with Gasteiger partial charge in [-0.1, -0.05) is 6.92 Å². The van der Waals surface area contributed by atoms with Gasteiger partial charge in [0.1, 0.15) is 0 Å². The molecular formula is C10H22N2O3. The van der Waals surface area contributed by atoms with Crippen LogP contribution in [0.5, 0.6) is 0 Å². The Morgan fingerprint density at radius 3 is 2.40 bits per heavy atom. The first-order valence-electron chi connectivity index (χ1n) is 5.37. The third kappa shape index (κ3) is 9.65. The van der Waals surface area contributed by atoms with E-state index in [-0.39, 0.29) is 5.91 Å². The quantitative estimate of drug-likeness (QED) is 0.530. The van der Waals surface area contributed by atoms with Crippen molar-refractivity contribution in [2.75, 3.05) is 33.0 Å². The lowest BCUT2D eigenvalue weighted by Crippen LogP contribution is -2.39. The van der Waals surface area contributed by atoms with Gasteiger partial charge in [0.15, 0.2) is 0 Å². The summed E-state index contributed by atoms with van der Waals surface area (Å²) < 4.78 is 10.4. The average Bonchev–Trinajstić information content (AvgIpc) is 2.21. The molecule has 15 heavy (non-hydrogen) atoms. The predicted octanol–water partition coefficient (Wildman–Crippen LogP) is -0.107. The van der Waals surface area contributed by atoms with Crippen molar-refractivity contribution in [1.82, 2.24) is 5.32 Å². The van der Waals surface area contributed by atoms with Crippen molar-refractivity contribution in [3.8, 4) is 0 Å². The van der Waals surface area contributed by atoms with Crippen LogP contribution in [-0.4, -0.2) is 44.9 Å². The molecule has 3 N–H and O–H groups in total. The summed E-state index contributed by atoms with van der Waals surface area (Å²) in [4.78, 5) is 11.0. The number of carbonyl (C=O) groups is 1. The molecule has 1 amide bonds. The number of rotatable bonds is 9. The van der Waals surface area contributed by atoms with Gasteiger partial charge in [0.25, 0.3) is 0 Å². The smallest absolute Gasteiger partial charge is 0.236 e. The highest BCUT2D eigenvalue weighted by molar-refractivity contribution is 5.80. The largest absolute Gasteiger partial charge is 0.379 e. The first kappa shape index (κ1) is 14.3. The third-order valence-corrected chi connectivity index (χ3v) is 1.68. The van der Waals surface area contributed by atoms with Crippen LogP contribution in [0.3, 0.4) is 0 Å². The molecule has 0 fully saturated rings. The summed E-state index contributed by atoms with van der Waals surface area (Å²) in [5.41, 5.74) is 5.36. The summed E-state index contributed by atoms with van der Waals surface area (Å²) in [7, 11) is 0. The molecule has 0 saturated carbocycles. The monoisotopic (exact) mass is 218 g/mol. The molecule has 0 heterocycles. The Hall–Kier alpha value is -0.650. The zero-order valence-electron chi connectivity index (χ0n) is 9.62. The van der Waals surface area contributed by atoms with Crippen molar-refractivity contribution in [2.45, 2.75) is 26.3 Å². The summed E-state index contributed by atoms with van der Waals surface area (Å²) in [5.74, 6) is -0.152. The van der Waals surface area contributed by atoms with Crippen molar-refractivity contribution in [3.63, 3.8) is 0 Å². The molecule has 0 aliphatic rings. The van der Waals surface area contributed by atoms with Crippen LogP contribution < -0.4 is 11.1 Å². The second-order valence-corrected chi connectivity index (χ2v) is 3.30. The Labute approximate surface area is 91.3 Å². The van der Waals surface area contributed by atoms with Gasteiger partial charge in [0, 0.05) is 13.2 Å². The van der Waals surface area contributed by atoms with Gasteiger partial charge < -0.3 is 20.5 Å². The van der Waals surface area contributed by atoms with E-state index < -0.39 is 6.04 Å². The van der Waals surface area contributed by atoms with Crippen LogP contribution in [0.15, 0.2) is 0 Å². The second-order valence-electron chi connectivity index (χ2n) is 3.30. The Kier molecular flexibility index (Phi) is 9.46. The molecule has 0 spiro atoms. The Bertz CT molecular complexity index is 163. The highest BCUT2D eigenvalue weighted by atomic mass is 16.5. The number of carbonyl (C=O) groups excluding carboxylic acids is 1. The lowest BCUT2D eigenvalue weighted by atomic mass is 10.3. The number of hydrogen-bond acceptors (Lipinski definition) is 4. The summed E-state index contributed by atoms with van der Waals surface area (Å²) in [6.07, 6.45) is 1.02. The van der Waals surface area contributed by atoms with Crippen LogP contribution in [0.25, 0.3) is 0 Å². The van der Waals surface area contributed by atoms with Crippen molar-refractivity contribution < 1.29 is 14.3 Å². The fourth-order valence-corrected chi connectivity index (χ4v) is 0.874. The molecule has 5 heteroatoms. The molecule has 1 atom stereocenters. The molecule has 0 bridgehead atoms. The van der Waals surface area contributed by atoms with Gasteiger partial charge >= 0.3 is 0 Å². The highest BCUT2D eigenvalue weighted by Crippen LogP contribution is 1.81. The van der Waals surface area contributed by atoms with Gasteiger partial charge in [-0.3, -0.25) is 4.79 Å². The normalized spacial score (nSPS) is 12.5. The summed E-state index contributed by atoms with van der Waals surface area (Å²) in [5, 5.41) is 2.65. The molecule has 0 saturated heterocycles. The number of amides is 1. The van der Waals surface area contributed by atoms with Crippen molar-refractivity contribution >= 4 is 5.91 Å². The molecular weight excluding hydrogens is 196 g/mol. The lowest BCUT2D eigenvalue weighted by molar-refractivity contribution is -0.122. The van der Waals surface area contributed by atoms with E-state index in [4.69, 9.17) is 15.2 Å². The topological polar surface area (TPSA) is 73.6 Å². The van der Waals surface area contributed by atoms with E-state index in [1.807, 2.05) is 0 Å². The van der Waals surface area contributed by atoms with Crippen LogP contribution in [0.4, 0.5) is 0 Å². The molecule has 5 nitrogen and oxygen atoms in total. The van der Waals surface area contributed by atoms with Gasteiger partial charge in [-0.2, -0.15) is 0 Å². The van der Waals surface area contributed by atoms with E-state index in [9.17, 15) is 4.79 Å². The number of nitrogens with two attached hydrogens (primary N) is 1.